The smallest absolute Gasteiger partial charge is 0.281 e. The first-order chi connectivity index (χ1) is 10.2. The highest BCUT2D eigenvalue weighted by molar-refractivity contribution is 6.37. The summed E-state index contributed by atoms with van der Waals surface area (Å²) in [5.74, 6) is -0.218. The van der Waals surface area contributed by atoms with Gasteiger partial charge in [-0.15, -0.1) is 0 Å². The van der Waals surface area contributed by atoms with Crippen LogP contribution < -0.4 is 9.80 Å². The van der Waals surface area contributed by atoms with E-state index in [0.29, 0.717) is 17.1 Å². The maximum Gasteiger partial charge on any atom is 0.336 e. The summed E-state index contributed by atoms with van der Waals surface area (Å²) in [5.41, 5.74) is 2.29. The molecule has 0 bridgehead atoms. The van der Waals surface area contributed by atoms with Crippen molar-refractivity contribution in [1.82, 2.24) is 0 Å². The van der Waals surface area contributed by atoms with Crippen molar-refractivity contribution in [2.75, 3.05) is 9.80 Å². The Morgan fingerprint density at radius 2 is 1.62 bits per heavy atom. The number of fused-ring (bicyclic) bond motifs is 3. The Morgan fingerprint density at radius 1 is 0.952 bits per heavy atom. The molecule has 5 heteroatoms. The van der Waals surface area contributed by atoms with Crippen molar-refractivity contribution in [1.29, 1.82) is 0 Å². The maximum atomic E-state index is 12.7. The zero-order chi connectivity index (χ0) is 14.6. The van der Waals surface area contributed by atoms with E-state index in [1.807, 2.05) is 24.3 Å². The fourth-order valence-corrected chi connectivity index (χ4v) is 3.25. The molecule has 2 aliphatic rings. The Labute approximate surface area is 126 Å². The van der Waals surface area contributed by atoms with Crippen molar-refractivity contribution in [2.45, 2.75) is 12.5 Å². The molecule has 0 aliphatic carbocycles. The first-order valence-electron chi connectivity index (χ1n) is 6.68. The predicted molar refractivity (Wildman–Crippen MR) is 80.7 cm³/mol. The predicted octanol–water partition coefficient (Wildman–Crippen LogP) is 3.24. The number of nitrogens with zero attached hydrogens (tertiary/aromatic N) is 2. The monoisotopic (exact) mass is 298 g/mol. The Hall–Kier alpha value is -2.33. The lowest BCUT2D eigenvalue weighted by Crippen LogP contribution is -2.33. The number of anilines is 2. The van der Waals surface area contributed by atoms with E-state index in [-0.39, 0.29) is 11.9 Å². The molecular formula is C16H11ClN2O2. The van der Waals surface area contributed by atoms with Crippen molar-refractivity contribution in [3.8, 4) is 0 Å². The number of carbonyl (C=O) groups excluding carboxylic acids is 2. The molecule has 1 unspecified atom stereocenters. The van der Waals surface area contributed by atoms with Crippen molar-refractivity contribution >= 4 is 34.9 Å². The lowest BCUT2D eigenvalue weighted by atomic mass is 10.1. The maximum absolute atomic E-state index is 12.7. The number of hydrogen-bond donors (Lipinski definition) is 0. The highest BCUT2D eigenvalue weighted by Gasteiger charge is 2.50. The van der Waals surface area contributed by atoms with Crippen LogP contribution in [0.3, 0.4) is 0 Å². The number of hydrogen-bond acceptors (Lipinski definition) is 2. The molecule has 1 saturated heterocycles. The average molecular weight is 299 g/mol. The highest BCUT2D eigenvalue weighted by atomic mass is 35.5. The van der Waals surface area contributed by atoms with Gasteiger partial charge in [-0.1, -0.05) is 41.9 Å². The molecule has 21 heavy (non-hydrogen) atoms. The third kappa shape index (κ3) is 1.63. The fraction of sp³-hybridized carbons (Fsp3) is 0.125. The summed E-state index contributed by atoms with van der Waals surface area (Å²) in [6, 6.07) is 13.7. The molecule has 104 valence electrons. The van der Waals surface area contributed by atoms with Crippen molar-refractivity contribution < 1.29 is 9.59 Å². The van der Waals surface area contributed by atoms with Gasteiger partial charge in [-0.3, -0.25) is 9.69 Å². The molecule has 4 nitrogen and oxygen atoms in total. The second kappa shape index (κ2) is 4.33. The van der Waals surface area contributed by atoms with Crippen molar-refractivity contribution in [3.63, 3.8) is 0 Å². The third-order valence-corrected chi connectivity index (χ3v) is 4.29. The van der Waals surface area contributed by atoms with Crippen LogP contribution in [0.2, 0.25) is 5.02 Å². The van der Waals surface area contributed by atoms with Gasteiger partial charge in [-0.05, 0) is 23.8 Å². The summed E-state index contributed by atoms with van der Waals surface area (Å²) >= 11 is 6.13. The number of benzene rings is 2. The van der Waals surface area contributed by atoms with Crippen LogP contribution in [-0.2, 0) is 11.2 Å². The molecule has 0 N–H and O–H groups in total. The van der Waals surface area contributed by atoms with Gasteiger partial charge in [0.1, 0.15) is 6.04 Å². The molecule has 0 radical (unpaired) electrons. The minimum atomic E-state index is -0.453. The third-order valence-electron chi connectivity index (χ3n) is 3.97. The number of amides is 3. The van der Waals surface area contributed by atoms with E-state index in [1.165, 1.54) is 4.90 Å². The molecular weight excluding hydrogens is 288 g/mol. The summed E-state index contributed by atoms with van der Waals surface area (Å²) < 4.78 is 0. The standard InChI is InChI=1S/C16H11ClN2O2/c17-11-6-2-4-8-13(11)19-15(20)14-9-10-5-1-3-7-12(10)18(14)16(19)21/h1-8,14H,9H2. The minimum Gasteiger partial charge on any atom is -0.281 e. The molecule has 3 amide bonds. The van der Waals surface area contributed by atoms with Gasteiger partial charge in [0.05, 0.1) is 10.7 Å². The molecule has 1 atom stereocenters. The topological polar surface area (TPSA) is 40.6 Å². The Bertz CT molecular complexity index is 774. The zero-order valence-electron chi connectivity index (χ0n) is 11.0. The van der Waals surface area contributed by atoms with Gasteiger partial charge < -0.3 is 0 Å². The first kappa shape index (κ1) is 12.4. The second-order valence-electron chi connectivity index (χ2n) is 5.13. The summed E-state index contributed by atoms with van der Waals surface area (Å²) in [4.78, 5) is 28.1. The second-order valence-corrected chi connectivity index (χ2v) is 5.53. The van der Waals surface area contributed by atoms with Gasteiger partial charge in [-0.25, -0.2) is 9.69 Å². The van der Waals surface area contributed by atoms with E-state index in [1.54, 1.807) is 29.2 Å². The van der Waals surface area contributed by atoms with Gasteiger partial charge in [0.2, 0.25) is 0 Å². The van der Waals surface area contributed by atoms with Crippen LogP contribution in [0.15, 0.2) is 48.5 Å². The molecule has 2 aliphatic heterocycles. The molecule has 0 aromatic heterocycles. The van der Waals surface area contributed by atoms with Gasteiger partial charge in [0, 0.05) is 12.1 Å². The summed E-state index contributed by atoms with van der Waals surface area (Å²) in [6.45, 7) is 0. The van der Waals surface area contributed by atoms with Crippen LogP contribution in [-0.4, -0.2) is 18.0 Å². The van der Waals surface area contributed by atoms with Gasteiger partial charge in [0.25, 0.3) is 5.91 Å². The van der Waals surface area contributed by atoms with E-state index in [2.05, 4.69) is 0 Å². The lowest BCUT2D eigenvalue weighted by Gasteiger charge is -2.17. The molecule has 1 fully saturated rings. The van der Waals surface area contributed by atoms with E-state index in [0.717, 1.165) is 11.3 Å². The molecule has 0 saturated carbocycles. The SMILES string of the molecule is O=C1C2Cc3ccccc3N2C(=O)N1c1ccccc1Cl. The number of rotatable bonds is 1. The number of imide groups is 1. The van der Waals surface area contributed by atoms with E-state index < -0.39 is 6.04 Å². The molecule has 0 spiro atoms. The van der Waals surface area contributed by atoms with Crippen molar-refractivity contribution in [2.24, 2.45) is 0 Å². The van der Waals surface area contributed by atoms with Crippen molar-refractivity contribution in [3.05, 3.63) is 59.1 Å². The number of para-hydroxylation sites is 2. The number of urea groups is 1. The highest BCUT2D eigenvalue weighted by Crippen LogP contribution is 2.40. The van der Waals surface area contributed by atoms with E-state index in [9.17, 15) is 9.59 Å². The van der Waals surface area contributed by atoms with Gasteiger partial charge in [-0.2, -0.15) is 0 Å². The Balaban J connectivity index is 1.81. The average Bonchev–Trinajstić information content (AvgIpc) is 2.98. The van der Waals surface area contributed by atoms with Gasteiger partial charge >= 0.3 is 6.03 Å². The molecule has 2 aromatic rings. The number of halogens is 1. The van der Waals surface area contributed by atoms with E-state index >= 15 is 0 Å². The molecule has 4 rings (SSSR count). The van der Waals surface area contributed by atoms with Crippen LogP contribution >= 0.6 is 11.6 Å². The summed E-state index contributed by atoms with van der Waals surface area (Å²) in [7, 11) is 0. The summed E-state index contributed by atoms with van der Waals surface area (Å²) in [6.07, 6.45) is 0.557. The Kier molecular flexibility index (Phi) is 2.56. The normalized spacial score (nSPS) is 20.0. The Morgan fingerprint density at radius 3 is 2.38 bits per heavy atom. The first-order valence-corrected chi connectivity index (χ1v) is 7.06. The zero-order valence-corrected chi connectivity index (χ0v) is 11.7. The van der Waals surface area contributed by atoms with Gasteiger partial charge in [0.15, 0.2) is 0 Å². The number of carbonyl (C=O) groups is 2. The summed E-state index contributed by atoms with van der Waals surface area (Å²) in [5, 5.41) is 0.397. The van der Waals surface area contributed by atoms with Crippen LogP contribution in [0, 0.1) is 0 Å². The lowest BCUT2D eigenvalue weighted by molar-refractivity contribution is -0.117. The molecule has 2 heterocycles. The van der Waals surface area contributed by atoms with Crippen LogP contribution in [0.25, 0.3) is 0 Å². The van der Waals surface area contributed by atoms with Crippen LogP contribution in [0.4, 0.5) is 16.2 Å². The fourth-order valence-electron chi connectivity index (χ4n) is 3.03. The molecule has 2 aromatic carbocycles. The van der Waals surface area contributed by atoms with Crippen LogP contribution in [0.1, 0.15) is 5.56 Å². The minimum absolute atomic E-state index is 0.218. The van der Waals surface area contributed by atoms with E-state index in [4.69, 9.17) is 11.6 Å². The van der Waals surface area contributed by atoms with Crippen LogP contribution in [0.5, 0.6) is 0 Å². The largest absolute Gasteiger partial charge is 0.336 e. The quantitative estimate of drug-likeness (QED) is 0.758.